The van der Waals surface area contributed by atoms with Gasteiger partial charge < -0.3 is 5.73 Å². The molecule has 0 saturated carbocycles. The summed E-state index contributed by atoms with van der Waals surface area (Å²) in [6.45, 7) is 4.21. The zero-order chi connectivity index (χ0) is 15.7. The number of hydrogen-bond donors (Lipinski definition) is 2. The van der Waals surface area contributed by atoms with Crippen LogP contribution >= 0.6 is 0 Å². The molecule has 20 heavy (non-hydrogen) atoms. The predicted octanol–water partition coefficient (Wildman–Crippen LogP) is 1.65. The quantitative estimate of drug-likeness (QED) is 0.656. The van der Waals surface area contributed by atoms with Crippen LogP contribution in [0.3, 0.4) is 0 Å². The van der Waals surface area contributed by atoms with E-state index < -0.39 is 26.7 Å². The molecule has 1 aromatic heterocycles. The van der Waals surface area contributed by atoms with Crippen molar-refractivity contribution in [1.82, 2.24) is 0 Å². The predicted molar refractivity (Wildman–Crippen MR) is 72.4 cm³/mol. The van der Waals surface area contributed by atoms with Gasteiger partial charge in [0.05, 0.1) is 15.0 Å². The van der Waals surface area contributed by atoms with Gasteiger partial charge in [0.25, 0.3) is 5.69 Å². The number of halogens is 1. The Kier molecular flexibility index (Phi) is 4.38. The zero-order valence-electron chi connectivity index (χ0n) is 11.8. The number of primary amides is 1. The van der Waals surface area contributed by atoms with Gasteiger partial charge in [-0.3, -0.25) is 5.21 Å². The average Bonchev–Trinajstić information content (AvgIpc) is 2.24. The molecule has 0 radical (unpaired) electrons. The van der Waals surface area contributed by atoms with Crippen LogP contribution in [0.5, 0.6) is 0 Å². The third-order valence-electron chi connectivity index (χ3n) is 2.96. The van der Waals surface area contributed by atoms with Gasteiger partial charge in [-0.1, -0.05) is 0 Å². The fourth-order valence-electron chi connectivity index (χ4n) is 1.73. The second-order valence-electron chi connectivity index (χ2n) is 5.10. The summed E-state index contributed by atoms with van der Waals surface area (Å²) in [5.41, 5.74) is 3.71. The van der Waals surface area contributed by atoms with E-state index in [-0.39, 0.29) is 5.69 Å². The number of hydrogen-bond acceptors (Lipinski definition) is 3. The molecule has 0 bridgehead atoms. The summed E-state index contributed by atoms with van der Waals surface area (Å²) in [5, 5.41) is 9.14. The van der Waals surface area contributed by atoms with Gasteiger partial charge in [0.1, 0.15) is 0 Å². The minimum absolute atomic E-state index is 0.0582. The van der Waals surface area contributed by atoms with Crippen molar-refractivity contribution in [2.24, 2.45) is 10.1 Å². The van der Waals surface area contributed by atoms with Gasteiger partial charge in [-0.05, 0) is 26.8 Å². The first-order chi connectivity index (χ1) is 8.95. The summed E-state index contributed by atoms with van der Waals surface area (Å²) in [5.74, 6) is 0. The number of nitrogens with zero attached hydrogens (tertiary/aromatic N) is 2. The summed E-state index contributed by atoms with van der Waals surface area (Å²) in [4.78, 5) is 10.8. The topological polar surface area (TPSA) is 96.6 Å². The lowest BCUT2D eigenvalue weighted by atomic mass is 10.1. The maximum atomic E-state index is 13.8. The highest BCUT2D eigenvalue weighted by molar-refractivity contribution is 7.93. The van der Waals surface area contributed by atoms with E-state index in [2.05, 4.69) is 4.36 Å². The number of alkyl halides is 1. The summed E-state index contributed by atoms with van der Waals surface area (Å²) in [6, 6.07) is 1.92. The van der Waals surface area contributed by atoms with Gasteiger partial charge in [-0.15, -0.1) is 4.36 Å². The Balaban J connectivity index is 3.27. The van der Waals surface area contributed by atoms with Gasteiger partial charge in [0.2, 0.25) is 6.20 Å². The second kappa shape index (κ2) is 5.35. The van der Waals surface area contributed by atoms with Crippen LogP contribution in [0.4, 0.5) is 9.18 Å². The first-order valence-corrected chi connectivity index (χ1v) is 7.88. The Hall–Kier alpha value is -1.70. The van der Waals surface area contributed by atoms with Gasteiger partial charge in [0, 0.05) is 22.6 Å². The minimum atomic E-state index is -2.90. The van der Waals surface area contributed by atoms with Crippen molar-refractivity contribution in [1.29, 1.82) is 0 Å². The summed E-state index contributed by atoms with van der Waals surface area (Å²) >= 11 is 0. The molecule has 3 N–H and O–H groups in total. The molecule has 0 aliphatic rings. The molecule has 1 rings (SSSR count). The van der Waals surface area contributed by atoms with Crippen LogP contribution in [0.1, 0.15) is 37.3 Å². The third kappa shape index (κ3) is 3.66. The van der Waals surface area contributed by atoms with Crippen molar-refractivity contribution >= 4 is 15.8 Å². The molecule has 2 unspecified atom stereocenters. The molecule has 0 aliphatic heterocycles. The Morgan fingerprint density at radius 2 is 2.10 bits per heavy atom. The normalized spacial score (nSPS) is 16.2. The van der Waals surface area contributed by atoms with Crippen molar-refractivity contribution in [3.8, 4) is 0 Å². The fraction of sp³-hybridized carbons (Fsp3) is 0.500. The van der Waals surface area contributed by atoms with E-state index in [1.165, 1.54) is 38.4 Å². The second-order valence-corrected chi connectivity index (χ2v) is 7.71. The van der Waals surface area contributed by atoms with Crippen LogP contribution in [0, 0.1) is 0 Å². The average molecular weight is 304 g/mol. The number of aromatic nitrogens is 1. The highest BCUT2D eigenvalue weighted by Crippen LogP contribution is 2.25. The smallest absolute Gasteiger partial charge is 0.346 e. The van der Waals surface area contributed by atoms with Gasteiger partial charge in [-0.2, -0.15) is 0 Å². The van der Waals surface area contributed by atoms with Crippen LogP contribution in [-0.4, -0.2) is 21.7 Å². The number of rotatable bonds is 3. The van der Waals surface area contributed by atoms with Crippen LogP contribution in [0.2, 0.25) is 0 Å². The van der Waals surface area contributed by atoms with E-state index in [0.717, 1.165) is 0 Å². The number of carbonyl (C=O) groups is 1. The molecule has 8 heteroatoms. The Bertz CT molecular complexity index is 646. The lowest BCUT2D eigenvalue weighted by Crippen LogP contribution is -2.40. The molecular formula is C12H19FN3O3S+. The lowest BCUT2D eigenvalue weighted by Gasteiger charge is -2.14. The third-order valence-corrected chi connectivity index (χ3v) is 5.08. The largest absolute Gasteiger partial charge is 0.349 e. The number of carbonyl (C=O) groups excluding carboxylic acids is 1. The Morgan fingerprint density at radius 1 is 1.55 bits per heavy atom. The van der Waals surface area contributed by atoms with Crippen LogP contribution in [0.15, 0.2) is 22.7 Å². The maximum absolute atomic E-state index is 13.8. The Labute approximate surface area is 117 Å². The minimum Gasteiger partial charge on any atom is -0.349 e. The van der Waals surface area contributed by atoms with Gasteiger partial charge >= 0.3 is 6.03 Å². The molecule has 2 atom stereocenters. The van der Waals surface area contributed by atoms with Crippen molar-refractivity contribution < 1.29 is 23.3 Å². The van der Waals surface area contributed by atoms with Crippen LogP contribution in [-0.2, 0) is 15.4 Å². The summed E-state index contributed by atoms with van der Waals surface area (Å²) < 4.78 is 30.1. The van der Waals surface area contributed by atoms with E-state index in [1.807, 2.05) is 0 Å². The van der Waals surface area contributed by atoms with E-state index >= 15 is 0 Å². The molecule has 0 spiro atoms. The molecule has 0 aliphatic carbocycles. The van der Waals surface area contributed by atoms with Gasteiger partial charge in [-0.25, -0.2) is 13.4 Å². The molecule has 2 amide bonds. The monoisotopic (exact) mass is 304 g/mol. The Morgan fingerprint density at radius 3 is 2.50 bits per heavy atom. The van der Waals surface area contributed by atoms with Crippen molar-refractivity contribution in [2.45, 2.75) is 31.7 Å². The molecule has 0 saturated heterocycles. The lowest BCUT2D eigenvalue weighted by molar-refractivity contribution is -0.912. The number of urea groups is 1. The zero-order valence-corrected chi connectivity index (χ0v) is 12.6. The first kappa shape index (κ1) is 16.4. The van der Waals surface area contributed by atoms with Crippen LogP contribution < -0.4 is 10.5 Å². The first-order valence-electron chi connectivity index (χ1n) is 5.90. The van der Waals surface area contributed by atoms with Crippen molar-refractivity contribution in [3.63, 3.8) is 0 Å². The fourth-order valence-corrected chi connectivity index (χ4v) is 2.89. The highest BCUT2D eigenvalue weighted by Gasteiger charge is 2.32. The SMILES string of the molecule is CC(c1ccc(C(C)(C)F)[n+](O)c1)S(C)(=O)=NC(N)=O. The molecule has 6 nitrogen and oxygen atoms in total. The molecule has 1 heterocycles. The number of amides is 2. The molecular weight excluding hydrogens is 285 g/mol. The molecule has 0 aromatic carbocycles. The molecule has 112 valence electrons. The van der Waals surface area contributed by atoms with E-state index in [9.17, 15) is 18.6 Å². The standard InChI is InChI=1S/C12H18FN3O3S/c1-8(20(4,19)15-11(14)17)9-5-6-10(12(2,3)13)16(18)7-9/h5-8H,1-4H3,(H2-,14,17,18)/p+1. The van der Waals surface area contributed by atoms with E-state index in [0.29, 0.717) is 10.3 Å². The van der Waals surface area contributed by atoms with Gasteiger partial charge in [0.15, 0.2) is 5.67 Å². The highest BCUT2D eigenvalue weighted by atomic mass is 32.2. The molecule has 1 aromatic rings. The summed E-state index contributed by atoms with van der Waals surface area (Å²) in [6.07, 6.45) is 2.55. The van der Waals surface area contributed by atoms with Crippen LogP contribution in [0.25, 0.3) is 0 Å². The van der Waals surface area contributed by atoms with Crippen molar-refractivity contribution in [3.05, 3.63) is 29.6 Å². The number of nitrogens with two attached hydrogens (primary N) is 1. The van der Waals surface area contributed by atoms with Crippen molar-refractivity contribution in [2.75, 3.05) is 6.26 Å². The van der Waals surface area contributed by atoms with E-state index in [4.69, 9.17) is 5.73 Å². The number of pyridine rings is 1. The summed E-state index contributed by atoms with van der Waals surface area (Å²) in [7, 11) is -2.90. The maximum Gasteiger partial charge on any atom is 0.346 e. The molecule has 0 fully saturated rings. The van der Waals surface area contributed by atoms with E-state index in [1.54, 1.807) is 6.92 Å².